The number of carbonyl (C=O) groups excluding carboxylic acids is 1. The predicted molar refractivity (Wildman–Crippen MR) is 53.5 cm³/mol. The van der Waals surface area contributed by atoms with E-state index in [0.717, 1.165) is 11.8 Å². The molecule has 0 aliphatic carbocycles. The van der Waals surface area contributed by atoms with Crippen LogP contribution in [0.15, 0.2) is 30.3 Å². The van der Waals surface area contributed by atoms with Crippen LogP contribution in [0.5, 0.6) is 0 Å². The Morgan fingerprint density at radius 2 is 1.77 bits per heavy atom. The monoisotopic (exact) mass is 177 g/mol. The van der Waals surface area contributed by atoms with Crippen LogP contribution < -0.4 is 0 Å². The molecule has 2 heteroatoms. The highest BCUT2D eigenvalue weighted by atomic mass is 16.1. The molecule has 0 saturated carbocycles. The average molecular weight is 177 g/mol. The maximum atomic E-state index is 11.0. The summed E-state index contributed by atoms with van der Waals surface area (Å²) < 4.78 is 0. The fourth-order valence-corrected chi connectivity index (χ4v) is 1.21. The second kappa shape index (κ2) is 3.71. The number of benzene rings is 1. The van der Waals surface area contributed by atoms with E-state index in [-0.39, 0.29) is 0 Å². The lowest BCUT2D eigenvalue weighted by atomic mass is 9.93. The van der Waals surface area contributed by atoms with Gasteiger partial charge in [-0.15, -0.1) is 0 Å². The summed E-state index contributed by atoms with van der Waals surface area (Å²) in [6, 6.07) is 9.77. The first-order valence-corrected chi connectivity index (χ1v) is 4.30. The largest absolute Gasteiger partial charge is 0.301 e. The molecule has 0 heterocycles. The highest BCUT2D eigenvalue weighted by Crippen LogP contribution is 2.22. The number of aldehydes is 1. The van der Waals surface area contributed by atoms with Crippen molar-refractivity contribution in [1.29, 1.82) is 0 Å². The maximum Gasteiger partial charge on any atom is 0.144 e. The SMILES string of the molecule is CN(C)[C@@](C)(C=O)c1ccccc1. The Balaban J connectivity index is 3.10. The van der Waals surface area contributed by atoms with Crippen LogP contribution in [0.25, 0.3) is 0 Å². The molecule has 0 aliphatic heterocycles. The van der Waals surface area contributed by atoms with Crippen molar-refractivity contribution in [3.8, 4) is 0 Å². The molecule has 0 radical (unpaired) electrons. The molecule has 0 saturated heterocycles. The van der Waals surface area contributed by atoms with Gasteiger partial charge < -0.3 is 4.79 Å². The summed E-state index contributed by atoms with van der Waals surface area (Å²) in [5.74, 6) is 0. The molecule has 1 rings (SSSR count). The fourth-order valence-electron chi connectivity index (χ4n) is 1.21. The van der Waals surface area contributed by atoms with Gasteiger partial charge in [0, 0.05) is 0 Å². The van der Waals surface area contributed by atoms with Crippen LogP contribution >= 0.6 is 0 Å². The Bertz CT molecular complexity index is 281. The Morgan fingerprint density at radius 3 is 2.15 bits per heavy atom. The van der Waals surface area contributed by atoms with Gasteiger partial charge in [0.25, 0.3) is 0 Å². The van der Waals surface area contributed by atoms with Gasteiger partial charge in [0.15, 0.2) is 0 Å². The van der Waals surface area contributed by atoms with Gasteiger partial charge in [0.2, 0.25) is 0 Å². The number of hydrogen-bond acceptors (Lipinski definition) is 2. The summed E-state index contributed by atoms with van der Waals surface area (Å²) in [7, 11) is 3.81. The minimum atomic E-state index is -0.513. The van der Waals surface area contributed by atoms with Crippen molar-refractivity contribution in [3.05, 3.63) is 35.9 Å². The Labute approximate surface area is 79.2 Å². The highest BCUT2D eigenvalue weighted by molar-refractivity contribution is 5.67. The van der Waals surface area contributed by atoms with E-state index in [1.54, 1.807) is 0 Å². The summed E-state index contributed by atoms with van der Waals surface area (Å²) in [6.07, 6.45) is 0.975. The third-order valence-corrected chi connectivity index (χ3v) is 2.52. The molecule has 0 aliphatic rings. The molecule has 1 atom stereocenters. The smallest absolute Gasteiger partial charge is 0.144 e. The molecule has 1 aromatic carbocycles. The molecule has 0 amide bonds. The molecular weight excluding hydrogens is 162 g/mol. The van der Waals surface area contributed by atoms with Crippen molar-refractivity contribution in [3.63, 3.8) is 0 Å². The number of nitrogens with zero attached hydrogens (tertiary/aromatic N) is 1. The van der Waals surface area contributed by atoms with Gasteiger partial charge in [0.1, 0.15) is 6.29 Å². The molecule has 70 valence electrons. The minimum Gasteiger partial charge on any atom is -0.301 e. The second-order valence-electron chi connectivity index (χ2n) is 3.53. The van der Waals surface area contributed by atoms with Gasteiger partial charge in [0.05, 0.1) is 5.54 Å². The van der Waals surface area contributed by atoms with E-state index < -0.39 is 5.54 Å². The zero-order valence-electron chi connectivity index (χ0n) is 8.32. The Hall–Kier alpha value is -1.15. The first-order chi connectivity index (χ1) is 6.11. The molecule has 0 N–H and O–H groups in total. The van der Waals surface area contributed by atoms with E-state index in [0.29, 0.717) is 0 Å². The van der Waals surface area contributed by atoms with Crippen LogP contribution in [-0.2, 0) is 10.3 Å². The lowest BCUT2D eigenvalue weighted by molar-refractivity contribution is -0.116. The third-order valence-electron chi connectivity index (χ3n) is 2.52. The molecule has 0 spiro atoms. The van der Waals surface area contributed by atoms with Gasteiger partial charge in [-0.1, -0.05) is 30.3 Å². The van der Waals surface area contributed by atoms with E-state index >= 15 is 0 Å². The summed E-state index contributed by atoms with van der Waals surface area (Å²) in [5, 5.41) is 0. The van der Waals surface area contributed by atoms with Crippen molar-refractivity contribution in [2.75, 3.05) is 14.1 Å². The number of rotatable bonds is 3. The second-order valence-corrected chi connectivity index (χ2v) is 3.53. The Morgan fingerprint density at radius 1 is 1.23 bits per heavy atom. The molecule has 1 aromatic rings. The molecule has 0 fully saturated rings. The number of carbonyl (C=O) groups is 1. The minimum absolute atomic E-state index is 0.513. The van der Waals surface area contributed by atoms with Crippen molar-refractivity contribution in [2.24, 2.45) is 0 Å². The number of likely N-dealkylation sites (N-methyl/N-ethyl adjacent to an activating group) is 1. The van der Waals surface area contributed by atoms with Crippen LogP contribution in [0.1, 0.15) is 12.5 Å². The van der Waals surface area contributed by atoms with Crippen LogP contribution in [0.4, 0.5) is 0 Å². The quantitative estimate of drug-likeness (QED) is 0.654. The Kier molecular flexibility index (Phi) is 2.83. The first-order valence-electron chi connectivity index (χ1n) is 4.30. The molecule has 2 nitrogen and oxygen atoms in total. The van der Waals surface area contributed by atoms with Crippen molar-refractivity contribution >= 4 is 6.29 Å². The van der Waals surface area contributed by atoms with Crippen LogP contribution in [0, 0.1) is 0 Å². The van der Waals surface area contributed by atoms with Gasteiger partial charge >= 0.3 is 0 Å². The summed E-state index contributed by atoms with van der Waals surface area (Å²) in [6.45, 7) is 1.91. The molecule has 0 aromatic heterocycles. The molecule has 0 unspecified atom stereocenters. The van der Waals surface area contributed by atoms with Crippen LogP contribution in [0.2, 0.25) is 0 Å². The van der Waals surface area contributed by atoms with E-state index in [1.165, 1.54) is 0 Å². The van der Waals surface area contributed by atoms with Gasteiger partial charge in [-0.25, -0.2) is 0 Å². The maximum absolute atomic E-state index is 11.0. The first kappa shape index (κ1) is 9.93. The van der Waals surface area contributed by atoms with E-state index in [4.69, 9.17) is 0 Å². The lowest BCUT2D eigenvalue weighted by Gasteiger charge is -2.31. The standard InChI is InChI=1S/C11H15NO/c1-11(9-13,12(2)3)10-7-5-4-6-8-10/h4-9H,1-3H3/t11-/m0/s1. The molecule has 0 bridgehead atoms. The molecule has 13 heavy (non-hydrogen) atoms. The van der Waals surface area contributed by atoms with Crippen molar-refractivity contribution < 1.29 is 4.79 Å². The van der Waals surface area contributed by atoms with Gasteiger partial charge in [-0.2, -0.15) is 0 Å². The predicted octanol–water partition coefficient (Wildman–Crippen LogP) is 1.66. The van der Waals surface area contributed by atoms with Crippen molar-refractivity contribution in [2.45, 2.75) is 12.5 Å². The van der Waals surface area contributed by atoms with Gasteiger partial charge in [-0.05, 0) is 26.6 Å². The number of hydrogen-bond donors (Lipinski definition) is 0. The zero-order valence-corrected chi connectivity index (χ0v) is 8.32. The third kappa shape index (κ3) is 1.78. The van der Waals surface area contributed by atoms with Crippen LogP contribution in [0.3, 0.4) is 0 Å². The van der Waals surface area contributed by atoms with E-state index in [9.17, 15) is 4.79 Å². The summed E-state index contributed by atoms with van der Waals surface area (Å²) >= 11 is 0. The van der Waals surface area contributed by atoms with E-state index in [1.807, 2.05) is 56.3 Å². The average Bonchev–Trinajstić information content (AvgIpc) is 2.17. The fraction of sp³-hybridized carbons (Fsp3) is 0.364. The topological polar surface area (TPSA) is 20.3 Å². The normalized spacial score (nSPS) is 15.4. The lowest BCUT2D eigenvalue weighted by Crippen LogP contribution is -2.39. The van der Waals surface area contributed by atoms with Crippen molar-refractivity contribution in [1.82, 2.24) is 4.90 Å². The zero-order chi connectivity index (χ0) is 9.90. The molecular formula is C11H15NO. The summed E-state index contributed by atoms with van der Waals surface area (Å²) in [5.41, 5.74) is 0.511. The van der Waals surface area contributed by atoms with E-state index in [2.05, 4.69) is 0 Å². The van der Waals surface area contributed by atoms with Crippen LogP contribution in [-0.4, -0.2) is 25.3 Å². The summed E-state index contributed by atoms with van der Waals surface area (Å²) in [4.78, 5) is 12.9. The highest BCUT2D eigenvalue weighted by Gasteiger charge is 2.27. The van der Waals surface area contributed by atoms with Gasteiger partial charge in [-0.3, -0.25) is 4.90 Å².